The van der Waals surface area contributed by atoms with Crippen molar-refractivity contribution >= 4 is 11.9 Å². The van der Waals surface area contributed by atoms with Crippen molar-refractivity contribution < 1.29 is 19.1 Å². The Hall–Kier alpha value is -1.58. The molecular weight excluding hydrogens is 388 g/mol. The van der Waals surface area contributed by atoms with Crippen LogP contribution >= 0.6 is 0 Å². The van der Waals surface area contributed by atoms with Crippen LogP contribution < -0.4 is 0 Å². The van der Waals surface area contributed by atoms with Gasteiger partial charge in [0.2, 0.25) is 0 Å². The molecule has 0 aromatic heterocycles. The summed E-state index contributed by atoms with van der Waals surface area (Å²) in [5, 5.41) is 0. The SMILES string of the molecule is C=C(C)C(=O)OC1(CC)CC2CCC1C2CC(C)C1(OC(=O)C(=C)C)CC2CCC1C2. The fourth-order valence-electron chi connectivity index (χ4n) is 7.90. The minimum atomic E-state index is -0.348. The summed E-state index contributed by atoms with van der Waals surface area (Å²) in [5.41, 5.74) is 0.282. The quantitative estimate of drug-likeness (QED) is 0.351. The lowest BCUT2D eigenvalue weighted by Gasteiger charge is -2.43. The standard InChI is InChI=1S/C27H40O4/c1-7-26(30-24(28)16(2)3)15-20-9-11-23(26)22(20)12-18(6)27(31-25(29)17(4)5)14-19-8-10-21(27)13-19/h18-23H,2,4,7-15H2,1,3,5-6H3. The second-order valence-corrected chi connectivity index (χ2v) is 11.2. The summed E-state index contributed by atoms with van der Waals surface area (Å²) in [5.74, 6) is 2.53. The molecular formula is C27H40O4. The highest BCUT2D eigenvalue weighted by molar-refractivity contribution is 5.87. The molecule has 0 heterocycles. The van der Waals surface area contributed by atoms with Crippen molar-refractivity contribution in [3.63, 3.8) is 0 Å². The smallest absolute Gasteiger partial charge is 0.333 e. The minimum Gasteiger partial charge on any atom is -0.455 e. The van der Waals surface area contributed by atoms with Gasteiger partial charge in [0.25, 0.3) is 0 Å². The van der Waals surface area contributed by atoms with E-state index in [2.05, 4.69) is 27.0 Å². The topological polar surface area (TPSA) is 52.6 Å². The largest absolute Gasteiger partial charge is 0.455 e. The minimum absolute atomic E-state index is 0.230. The van der Waals surface area contributed by atoms with Gasteiger partial charge in [-0.2, -0.15) is 0 Å². The van der Waals surface area contributed by atoms with Gasteiger partial charge in [-0.05, 0) is 101 Å². The molecule has 172 valence electrons. The van der Waals surface area contributed by atoms with E-state index in [1.807, 2.05) is 0 Å². The maximum Gasteiger partial charge on any atom is 0.333 e. The van der Waals surface area contributed by atoms with Crippen LogP contribution in [0.15, 0.2) is 24.3 Å². The van der Waals surface area contributed by atoms with Gasteiger partial charge in [-0.3, -0.25) is 0 Å². The first kappa shape index (κ1) is 22.6. The van der Waals surface area contributed by atoms with E-state index >= 15 is 0 Å². The first-order valence-electron chi connectivity index (χ1n) is 12.4. The van der Waals surface area contributed by atoms with Crippen LogP contribution in [0.3, 0.4) is 0 Å². The van der Waals surface area contributed by atoms with Gasteiger partial charge in [-0.25, -0.2) is 9.59 Å². The van der Waals surface area contributed by atoms with E-state index in [1.54, 1.807) is 13.8 Å². The molecule has 8 unspecified atom stereocenters. The summed E-state index contributed by atoms with van der Waals surface area (Å²) in [6.45, 7) is 15.5. The van der Waals surface area contributed by atoms with E-state index in [4.69, 9.17) is 9.47 Å². The first-order valence-corrected chi connectivity index (χ1v) is 12.4. The number of fused-ring (bicyclic) bond motifs is 4. The van der Waals surface area contributed by atoms with Gasteiger partial charge in [0, 0.05) is 17.1 Å². The Morgan fingerprint density at radius 3 is 2.23 bits per heavy atom. The molecule has 4 heteroatoms. The number of hydrogen-bond acceptors (Lipinski definition) is 4. The van der Waals surface area contributed by atoms with Crippen LogP contribution in [-0.2, 0) is 19.1 Å². The molecule has 8 atom stereocenters. The predicted molar refractivity (Wildman–Crippen MR) is 121 cm³/mol. The van der Waals surface area contributed by atoms with Crippen LogP contribution in [0.1, 0.15) is 85.5 Å². The zero-order valence-corrected chi connectivity index (χ0v) is 19.9. The highest BCUT2D eigenvalue weighted by atomic mass is 16.6. The van der Waals surface area contributed by atoms with Crippen LogP contribution in [0.5, 0.6) is 0 Å². The third-order valence-electron chi connectivity index (χ3n) is 9.43. The van der Waals surface area contributed by atoms with E-state index in [0.29, 0.717) is 46.7 Å². The van der Waals surface area contributed by atoms with Gasteiger partial charge in [-0.1, -0.05) is 27.0 Å². The number of carbonyl (C=O) groups is 2. The third kappa shape index (κ3) is 3.68. The number of rotatable bonds is 8. The Morgan fingerprint density at radius 1 is 1.00 bits per heavy atom. The van der Waals surface area contributed by atoms with Crippen molar-refractivity contribution in [3.05, 3.63) is 24.3 Å². The Morgan fingerprint density at radius 2 is 1.68 bits per heavy atom. The molecule has 4 aliphatic rings. The van der Waals surface area contributed by atoms with Crippen LogP contribution in [0.25, 0.3) is 0 Å². The molecule has 4 saturated carbocycles. The number of carbonyl (C=O) groups excluding carboxylic acids is 2. The highest BCUT2D eigenvalue weighted by Crippen LogP contribution is 2.62. The molecule has 0 spiro atoms. The Kier molecular flexibility index (Phi) is 5.89. The van der Waals surface area contributed by atoms with Crippen molar-refractivity contribution in [2.24, 2.45) is 35.5 Å². The molecule has 4 rings (SSSR count). The summed E-state index contributed by atoms with van der Waals surface area (Å²) >= 11 is 0. The zero-order valence-electron chi connectivity index (χ0n) is 19.9. The molecule has 0 N–H and O–H groups in total. The normalized spacial score (nSPS) is 41.2. The summed E-state index contributed by atoms with van der Waals surface area (Å²) in [6.07, 6.45) is 9.87. The van der Waals surface area contributed by atoms with Crippen molar-refractivity contribution in [2.75, 3.05) is 0 Å². The Balaban J connectivity index is 1.54. The molecule has 4 bridgehead atoms. The average Bonchev–Trinajstić information content (AvgIpc) is 3.48. The molecule has 0 aromatic rings. The zero-order chi connectivity index (χ0) is 22.6. The van der Waals surface area contributed by atoms with Gasteiger partial charge in [0.1, 0.15) is 11.2 Å². The van der Waals surface area contributed by atoms with Crippen molar-refractivity contribution in [2.45, 2.75) is 96.7 Å². The fraction of sp³-hybridized carbons (Fsp3) is 0.778. The van der Waals surface area contributed by atoms with Crippen molar-refractivity contribution in [1.82, 2.24) is 0 Å². The van der Waals surface area contributed by atoms with Crippen molar-refractivity contribution in [3.8, 4) is 0 Å². The van der Waals surface area contributed by atoms with Gasteiger partial charge in [-0.15, -0.1) is 0 Å². The Labute approximate surface area is 187 Å². The average molecular weight is 429 g/mol. The summed E-state index contributed by atoms with van der Waals surface area (Å²) in [4.78, 5) is 25.0. The van der Waals surface area contributed by atoms with E-state index in [9.17, 15) is 9.59 Å². The summed E-state index contributed by atoms with van der Waals surface area (Å²) < 4.78 is 12.4. The number of ether oxygens (including phenoxy) is 2. The number of esters is 2. The molecule has 4 aliphatic carbocycles. The molecule has 4 fully saturated rings. The van der Waals surface area contributed by atoms with Crippen LogP contribution in [-0.4, -0.2) is 23.1 Å². The van der Waals surface area contributed by atoms with Gasteiger partial charge >= 0.3 is 11.9 Å². The van der Waals surface area contributed by atoms with Gasteiger partial charge in [0.15, 0.2) is 0 Å². The number of hydrogen-bond donors (Lipinski definition) is 0. The molecule has 0 aliphatic heterocycles. The van der Waals surface area contributed by atoms with Crippen LogP contribution in [0, 0.1) is 35.5 Å². The maximum atomic E-state index is 12.6. The maximum absolute atomic E-state index is 12.6. The molecule has 31 heavy (non-hydrogen) atoms. The van der Waals surface area contributed by atoms with Gasteiger partial charge in [0.05, 0.1) is 0 Å². The van der Waals surface area contributed by atoms with E-state index in [-0.39, 0.29) is 23.1 Å². The van der Waals surface area contributed by atoms with E-state index < -0.39 is 0 Å². The second kappa shape index (κ2) is 8.08. The monoisotopic (exact) mass is 428 g/mol. The molecule has 0 amide bonds. The molecule has 0 aromatic carbocycles. The summed E-state index contributed by atoms with van der Waals surface area (Å²) in [6, 6.07) is 0. The van der Waals surface area contributed by atoms with Crippen molar-refractivity contribution in [1.29, 1.82) is 0 Å². The first-order chi connectivity index (χ1) is 14.6. The Bertz CT molecular complexity index is 784. The van der Waals surface area contributed by atoms with E-state index in [0.717, 1.165) is 32.1 Å². The predicted octanol–water partition coefficient (Wildman–Crippen LogP) is 6.00. The lowest BCUT2D eigenvalue weighted by atomic mass is 9.70. The lowest BCUT2D eigenvalue weighted by molar-refractivity contribution is -0.171. The fourth-order valence-corrected chi connectivity index (χ4v) is 7.90. The second-order valence-electron chi connectivity index (χ2n) is 11.2. The highest BCUT2D eigenvalue weighted by Gasteiger charge is 2.61. The van der Waals surface area contributed by atoms with E-state index in [1.165, 1.54) is 25.7 Å². The molecule has 0 saturated heterocycles. The summed E-state index contributed by atoms with van der Waals surface area (Å²) in [7, 11) is 0. The molecule has 4 nitrogen and oxygen atoms in total. The van der Waals surface area contributed by atoms with Gasteiger partial charge < -0.3 is 9.47 Å². The molecule has 0 radical (unpaired) electrons. The lowest BCUT2D eigenvalue weighted by Crippen LogP contribution is -2.47. The van der Waals surface area contributed by atoms with Crippen LogP contribution in [0.2, 0.25) is 0 Å². The third-order valence-corrected chi connectivity index (χ3v) is 9.43. The van der Waals surface area contributed by atoms with Crippen LogP contribution in [0.4, 0.5) is 0 Å².